The van der Waals surface area contributed by atoms with Gasteiger partial charge in [-0.25, -0.2) is 0 Å². The van der Waals surface area contributed by atoms with Crippen molar-refractivity contribution in [2.75, 3.05) is 0 Å². The lowest BCUT2D eigenvalue weighted by atomic mass is 9.82. The van der Waals surface area contributed by atoms with Gasteiger partial charge in [0.1, 0.15) is 0 Å². The Morgan fingerprint density at radius 1 is 0.694 bits per heavy atom. The Balaban J connectivity index is 1.53. The number of hydrogen-bond acceptors (Lipinski definition) is 2. The molecule has 0 aliphatic rings. The van der Waals surface area contributed by atoms with E-state index in [-0.39, 0.29) is 5.41 Å². The molecule has 0 bridgehead atoms. The third kappa shape index (κ3) is 3.92. The van der Waals surface area contributed by atoms with Crippen LogP contribution in [0.15, 0.2) is 103 Å². The molecule has 6 aromatic rings. The van der Waals surface area contributed by atoms with Crippen LogP contribution in [-0.2, 0) is 5.41 Å². The summed E-state index contributed by atoms with van der Waals surface area (Å²) in [5.74, 6) is 0. The molecule has 4 aromatic carbocycles. The number of fused-ring (bicyclic) bond motifs is 2. The number of hydrogen-bond donors (Lipinski definition) is 0. The van der Waals surface area contributed by atoms with Crippen molar-refractivity contribution in [3.8, 4) is 32.8 Å². The lowest BCUT2D eigenvalue weighted by Crippen LogP contribution is -2.12. The van der Waals surface area contributed by atoms with Gasteiger partial charge in [0.2, 0.25) is 0 Å². The minimum atomic E-state index is -0.00959. The standard InChI is InChI=1S/C34H29NS/c1-22-28-18-19-35-31(27-20-26-12-8-9-13-29(26)30(21-27)34(2,3)4)33(28)36-32(22)25-16-14-24(15-17-25)23-10-6-5-7-11-23/h5-21H,1-4H3/i19D. The molecule has 0 unspecified atom stereocenters. The second-order valence-electron chi connectivity index (χ2n) is 10.5. The Morgan fingerprint density at radius 2 is 1.36 bits per heavy atom. The highest BCUT2D eigenvalue weighted by Crippen LogP contribution is 2.43. The van der Waals surface area contributed by atoms with Gasteiger partial charge < -0.3 is 0 Å². The highest BCUT2D eigenvalue weighted by molar-refractivity contribution is 7.23. The first kappa shape index (κ1) is 21.5. The monoisotopic (exact) mass is 484 g/mol. The van der Waals surface area contributed by atoms with Gasteiger partial charge >= 0.3 is 0 Å². The van der Waals surface area contributed by atoms with E-state index in [0.29, 0.717) is 6.17 Å². The molecule has 2 heterocycles. The van der Waals surface area contributed by atoms with E-state index in [0.717, 1.165) is 21.3 Å². The SMILES string of the molecule is [2H]c1cc2c(C)c(-c3ccc(-c4ccccc4)cc3)sc2c(-c2cc(C(C)(C)C)c3ccccc3c2)n1. The van der Waals surface area contributed by atoms with Gasteiger partial charge in [0.15, 0.2) is 0 Å². The summed E-state index contributed by atoms with van der Waals surface area (Å²) in [4.78, 5) is 6.02. The molecule has 0 saturated carbocycles. The van der Waals surface area contributed by atoms with E-state index >= 15 is 0 Å². The second kappa shape index (κ2) is 8.72. The van der Waals surface area contributed by atoms with Crippen molar-refractivity contribution in [3.05, 3.63) is 114 Å². The zero-order valence-corrected chi connectivity index (χ0v) is 21.9. The quantitative estimate of drug-likeness (QED) is 0.243. The van der Waals surface area contributed by atoms with Gasteiger partial charge in [-0.2, -0.15) is 0 Å². The highest BCUT2D eigenvalue weighted by Gasteiger charge is 2.20. The zero-order valence-electron chi connectivity index (χ0n) is 22.1. The molecule has 36 heavy (non-hydrogen) atoms. The molecule has 0 amide bonds. The van der Waals surface area contributed by atoms with Gasteiger partial charge in [-0.3, -0.25) is 4.98 Å². The molecular weight excluding hydrogens is 454 g/mol. The van der Waals surface area contributed by atoms with Crippen molar-refractivity contribution >= 4 is 32.2 Å². The molecule has 0 aliphatic carbocycles. The molecule has 2 aromatic heterocycles. The van der Waals surface area contributed by atoms with Gasteiger partial charge in [0.25, 0.3) is 0 Å². The summed E-state index contributed by atoms with van der Waals surface area (Å²) in [6, 6.07) is 34.3. The molecule has 0 atom stereocenters. The van der Waals surface area contributed by atoms with Gasteiger partial charge in [-0.15, -0.1) is 11.3 Å². The number of pyridine rings is 1. The van der Waals surface area contributed by atoms with Crippen LogP contribution >= 0.6 is 11.3 Å². The van der Waals surface area contributed by atoms with Crippen molar-refractivity contribution in [1.82, 2.24) is 4.98 Å². The molecule has 0 saturated heterocycles. The largest absolute Gasteiger partial charge is 0.255 e. The van der Waals surface area contributed by atoms with E-state index in [9.17, 15) is 0 Å². The van der Waals surface area contributed by atoms with E-state index < -0.39 is 0 Å². The van der Waals surface area contributed by atoms with E-state index in [1.807, 2.05) is 12.1 Å². The predicted molar refractivity (Wildman–Crippen MR) is 157 cm³/mol. The molecule has 0 aliphatic heterocycles. The van der Waals surface area contributed by atoms with Crippen LogP contribution in [0.3, 0.4) is 0 Å². The van der Waals surface area contributed by atoms with Crippen LogP contribution in [0.2, 0.25) is 0 Å². The zero-order chi connectivity index (χ0) is 25.7. The average Bonchev–Trinajstić information content (AvgIpc) is 3.23. The fourth-order valence-corrected chi connectivity index (χ4v) is 6.37. The van der Waals surface area contributed by atoms with Crippen LogP contribution in [0.1, 0.15) is 33.3 Å². The number of thiophene rings is 1. The summed E-state index contributed by atoms with van der Waals surface area (Å²) in [5, 5.41) is 3.60. The Bertz CT molecular complexity index is 1760. The van der Waals surface area contributed by atoms with Crippen LogP contribution < -0.4 is 0 Å². The maximum absolute atomic E-state index is 8.53. The second-order valence-corrected chi connectivity index (χ2v) is 11.5. The Morgan fingerprint density at radius 3 is 2.11 bits per heavy atom. The van der Waals surface area contributed by atoms with Crippen LogP contribution in [0.4, 0.5) is 0 Å². The number of nitrogens with zero attached hydrogens (tertiary/aromatic N) is 1. The van der Waals surface area contributed by atoms with Crippen LogP contribution in [0, 0.1) is 6.92 Å². The molecule has 1 nitrogen and oxygen atoms in total. The maximum atomic E-state index is 8.53. The number of benzene rings is 4. The van der Waals surface area contributed by atoms with Crippen LogP contribution in [-0.4, -0.2) is 4.98 Å². The minimum Gasteiger partial charge on any atom is -0.255 e. The van der Waals surface area contributed by atoms with E-state index in [1.54, 1.807) is 11.3 Å². The smallest absolute Gasteiger partial charge is 0.0880 e. The first-order valence-electron chi connectivity index (χ1n) is 12.9. The Labute approximate surface area is 218 Å². The van der Waals surface area contributed by atoms with Crippen molar-refractivity contribution in [2.24, 2.45) is 0 Å². The van der Waals surface area contributed by atoms with Gasteiger partial charge in [0.05, 0.1) is 11.8 Å². The van der Waals surface area contributed by atoms with Gasteiger partial charge in [-0.1, -0.05) is 99.6 Å². The summed E-state index contributed by atoms with van der Waals surface area (Å²) in [6.07, 6.45) is 0.305. The third-order valence-corrected chi connectivity index (χ3v) is 8.35. The van der Waals surface area contributed by atoms with Gasteiger partial charge in [-0.05, 0) is 74.5 Å². The third-order valence-electron chi connectivity index (χ3n) is 6.99. The first-order valence-corrected chi connectivity index (χ1v) is 13.2. The van der Waals surface area contributed by atoms with Crippen molar-refractivity contribution < 1.29 is 1.37 Å². The van der Waals surface area contributed by atoms with Crippen molar-refractivity contribution in [3.63, 3.8) is 0 Å². The fraction of sp³-hybridized carbons (Fsp3) is 0.147. The molecule has 6 rings (SSSR count). The van der Waals surface area contributed by atoms with Gasteiger partial charge in [0, 0.05) is 16.6 Å². The van der Waals surface area contributed by atoms with Crippen molar-refractivity contribution in [2.45, 2.75) is 33.1 Å². The van der Waals surface area contributed by atoms with Crippen molar-refractivity contribution in [1.29, 1.82) is 0 Å². The summed E-state index contributed by atoms with van der Waals surface area (Å²) in [5.41, 5.74) is 8.11. The summed E-state index contributed by atoms with van der Waals surface area (Å²) >= 11 is 1.78. The fourth-order valence-electron chi connectivity index (χ4n) is 5.07. The summed E-state index contributed by atoms with van der Waals surface area (Å²) in [6.45, 7) is 8.95. The normalized spacial score (nSPS) is 12.3. The van der Waals surface area contributed by atoms with E-state index in [4.69, 9.17) is 6.35 Å². The highest BCUT2D eigenvalue weighted by atomic mass is 32.1. The summed E-state index contributed by atoms with van der Waals surface area (Å²) in [7, 11) is 0. The Kier molecular flexibility index (Phi) is 5.22. The molecule has 0 spiro atoms. The van der Waals surface area contributed by atoms with E-state index in [2.05, 4.69) is 113 Å². The average molecular weight is 485 g/mol. The van der Waals surface area contributed by atoms with Crippen LogP contribution in [0.25, 0.3) is 53.7 Å². The molecule has 176 valence electrons. The molecule has 0 fully saturated rings. The molecule has 2 heteroatoms. The summed E-state index contributed by atoms with van der Waals surface area (Å²) < 4.78 is 9.68. The minimum absolute atomic E-state index is 0.00959. The lowest BCUT2D eigenvalue weighted by Gasteiger charge is -2.22. The number of aromatic nitrogens is 1. The molecule has 0 N–H and O–H groups in total. The number of aryl methyl sites for hydroxylation is 1. The molecule has 0 radical (unpaired) electrons. The Hall–Kier alpha value is -3.75. The van der Waals surface area contributed by atoms with E-state index in [1.165, 1.54) is 43.5 Å². The predicted octanol–water partition coefficient (Wildman–Crippen LogP) is 10.1. The number of rotatable bonds is 3. The maximum Gasteiger partial charge on any atom is 0.0880 e. The topological polar surface area (TPSA) is 12.9 Å². The lowest BCUT2D eigenvalue weighted by molar-refractivity contribution is 0.596. The van der Waals surface area contributed by atoms with Crippen LogP contribution in [0.5, 0.6) is 0 Å². The molecular formula is C34H29NS. The first-order chi connectivity index (χ1) is 17.8.